The number of amides is 1. The van der Waals surface area contributed by atoms with E-state index in [4.69, 9.17) is 5.73 Å². The summed E-state index contributed by atoms with van der Waals surface area (Å²) in [4.78, 5) is 14.1. The van der Waals surface area contributed by atoms with Crippen molar-refractivity contribution in [3.05, 3.63) is 35.6 Å². The molecule has 0 bridgehead atoms. The van der Waals surface area contributed by atoms with Gasteiger partial charge in [-0.25, -0.2) is 4.39 Å². The first-order valence-electron chi connectivity index (χ1n) is 7.89. The van der Waals surface area contributed by atoms with Gasteiger partial charge in [-0.1, -0.05) is 31.9 Å². The van der Waals surface area contributed by atoms with Crippen LogP contribution in [0.15, 0.2) is 24.3 Å². The summed E-state index contributed by atoms with van der Waals surface area (Å²) in [6.45, 7) is 3.50. The maximum Gasteiger partial charge on any atom is 0.222 e. The van der Waals surface area contributed by atoms with Gasteiger partial charge in [0, 0.05) is 25.6 Å². The zero-order chi connectivity index (χ0) is 15.2. The zero-order valence-corrected chi connectivity index (χ0v) is 12.7. The van der Waals surface area contributed by atoms with E-state index in [2.05, 4.69) is 6.92 Å². The molecule has 1 amide bonds. The van der Waals surface area contributed by atoms with E-state index in [9.17, 15) is 9.18 Å². The summed E-state index contributed by atoms with van der Waals surface area (Å²) in [7, 11) is 0. The molecule has 116 valence electrons. The van der Waals surface area contributed by atoms with Crippen molar-refractivity contribution in [2.24, 2.45) is 11.7 Å². The standard InChI is InChI=1S/C17H25FN2O/c1-2-3-13-4-9-17(21)20(11-10-13)12-16(19)14-5-7-15(18)8-6-14/h5-8,13,16H,2-4,9-12,19H2,1H3. The van der Waals surface area contributed by atoms with E-state index in [-0.39, 0.29) is 17.8 Å². The van der Waals surface area contributed by atoms with Crippen LogP contribution in [0.5, 0.6) is 0 Å². The van der Waals surface area contributed by atoms with Crippen LogP contribution in [-0.4, -0.2) is 23.9 Å². The molecule has 2 N–H and O–H groups in total. The predicted octanol–water partition coefficient (Wildman–Crippen LogP) is 3.25. The number of hydrogen-bond donors (Lipinski definition) is 1. The van der Waals surface area contributed by atoms with E-state index < -0.39 is 0 Å². The van der Waals surface area contributed by atoms with E-state index in [0.717, 1.165) is 24.9 Å². The van der Waals surface area contributed by atoms with Crippen molar-refractivity contribution in [3.63, 3.8) is 0 Å². The van der Waals surface area contributed by atoms with Gasteiger partial charge >= 0.3 is 0 Å². The maximum absolute atomic E-state index is 12.9. The highest BCUT2D eigenvalue weighted by atomic mass is 19.1. The van der Waals surface area contributed by atoms with Crippen molar-refractivity contribution in [1.29, 1.82) is 0 Å². The van der Waals surface area contributed by atoms with Gasteiger partial charge in [0.15, 0.2) is 0 Å². The van der Waals surface area contributed by atoms with Crippen LogP contribution in [0, 0.1) is 11.7 Å². The second-order valence-electron chi connectivity index (χ2n) is 5.98. The highest BCUT2D eigenvalue weighted by Crippen LogP contribution is 2.24. The number of rotatable bonds is 5. The van der Waals surface area contributed by atoms with Gasteiger partial charge < -0.3 is 10.6 Å². The van der Waals surface area contributed by atoms with Crippen LogP contribution in [0.3, 0.4) is 0 Å². The summed E-state index contributed by atoms with van der Waals surface area (Å²) in [5.74, 6) is 0.594. The predicted molar refractivity (Wildman–Crippen MR) is 82.2 cm³/mol. The molecule has 0 radical (unpaired) electrons. The Morgan fingerprint density at radius 2 is 2.05 bits per heavy atom. The van der Waals surface area contributed by atoms with Crippen molar-refractivity contribution in [2.45, 2.75) is 45.1 Å². The maximum atomic E-state index is 12.9. The molecule has 1 fully saturated rings. The van der Waals surface area contributed by atoms with Gasteiger partial charge in [-0.15, -0.1) is 0 Å². The van der Waals surface area contributed by atoms with Crippen LogP contribution >= 0.6 is 0 Å². The molecule has 1 aromatic rings. The Morgan fingerprint density at radius 3 is 2.71 bits per heavy atom. The third kappa shape index (κ3) is 4.53. The summed E-state index contributed by atoms with van der Waals surface area (Å²) < 4.78 is 12.9. The van der Waals surface area contributed by atoms with Gasteiger partial charge in [0.1, 0.15) is 5.82 Å². The SMILES string of the molecule is CCCC1CCC(=O)N(CC(N)c2ccc(F)cc2)CC1. The molecule has 2 rings (SSSR count). The summed E-state index contributed by atoms with van der Waals surface area (Å²) >= 11 is 0. The first-order valence-corrected chi connectivity index (χ1v) is 7.89. The van der Waals surface area contributed by atoms with Crippen LogP contribution < -0.4 is 5.73 Å². The average Bonchev–Trinajstić information content (AvgIpc) is 2.64. The second kappa shape index (κ2) is 7.55. The molecule has 1 heterocycles. The van der Waals surface area contributed by atoms with Crippen LogP contribution in [0.25, 0.3) is 0 Å². The summed E-state index contributed by atoms with van der Waals surface area (Å²) in [6.07, 6.45) is 5.06. The third-order valence-electron chi connectivity index (χ3n) is 4.34. The Balaban J connectivity index is 1.94. The van der Waals surface area contributed by atoms with E-state index in [0.29, 0.717) is 18.9 Å². The minimum Gasteiger partial charge on any atom is -0.341 e. The largest absolute Gasteiger partial charge is 0.341 e. The topological polar surface area (TPSA) is 46.3 Å². The minimum atomic E-state index is -0.265. The van der Waals surface area contributed by atoms with Crippen molar-refractivity contribution in [1.82, 2.24) is 4.90 Å². The molecule has 2 atom stereocenters. The number of likely N-dealkylation sites (tertiary alicyclic amines) is 1. The van der Waals surface area contributed by atoms with Gasteiger partial charge in [-0.2, -0.15) is 0 Å². The lowest BCUT2D eigenvalue weighted by Crippen LogP contribution is -2.36. The van der Waals surface area contributed by atoms with Gasteiger partial charge in [0.05, 0.1) is 0 Å². The molecule has 0 saturated carbocycles. The first kappa shape index (κ1) is 16.0. The van der Waals surface area contributed by atoms with E-state index in [1.807, 2.05) is 4.90 Å². The molecule has 0 aromatic heterocycles. The molecule has 21 heavy (non-hydrogen) atoms. The third-order valence-corrected chi connectivity index (χ3v) is 4.34. The van der Waals surface area contributed by atoms with Crippen LogP contribution in [0.2, 0.25) is 0 Å². The second-order valence-corrected chi connectivity index (χ2v) is 5.98. The van der Waals surface area contributed by atoms with Crippen LogP contribution in [0.1, 0.15) is 50.6 Å². The number of halogens is 1. The molecule has 1 aliphatic rings. The molecular weight excluding hydrogens is 267 g/mol. The van der Waals surface area contributed by atoms with Crippen LogP contribution in [-0.2, 0) is 4.79 Å². The molecular formula is C17H25FN2O. The Kier molecular flexibility index (Phi) is 5.74. The fourth-order valence-electron chi connectivity index (χ4n) is 3.04. The lowest BCUT2D eigenvalue weighted by Gasteiger charge is -2.25. The Bertz CT molecular complexity index is 460. The van der Waals surface area contributed by atoms with Gasteiger partial charge in [0.25, 0.3) is 0 Å². The number of carbonyl (C=O) groups is 1. The van der Waals surface area contributed by atoms with E-state index in [1.165, 1.54) is 25.0 Å². The van der Waals surface area contributed by atoms with Crippen molar-refractivity contribution in [2.75, 3.05) is 13.1 Å². The molecule has 0 spiro atoms. The lowest BCUT2D eigenvalue weighted by molar-refractivity contribution is -0.130. The molecule has 1 saturated heterocycles. The lowest BCUT2D eigenvalue weighted by atomic mass is 9.96. The quantitative estimate of drug-likeness (QED) is 0.905. The molecule has 2 unspecified atom stereocenters. The molecule has 1 aliphatic heterocycles. The number of hydrogen-bond acceptors (Lipinski definition) is 2. The minimum absolute atomic E-state index is 0.200. The van der Waals surface area contributed by atoms with Gasteiger partial charge in [-0.3, -0.25) is 4.79 Å². The number of benzene rings is 1. The molecule has 0 aliphatic carbocycles. The monoisotopic (exact) mass is 292 g/mol. The van der Waals surface area contributed by atoms with E-state index in [1.54, 1.807) is 12.1 Å². The normalized spacial score (nSPS) is 21.2. The first-order chi connectivity index (χ1) is 10.1. The zero-order valence-electron chi connectivity index (χ0n) is 12.7. The Morgan fingerprint density at radius 1 is 1.33 bits per heavy atom. The number of nitrogens with zero attached hydrogens (tertiary/aromatic N) is 1. The summed E-state index contributed by atoms with van der Waals surface area (Å²) in [6, 6.07) is 5.97. The molecule has 3 nitrogen and oxygen atoms in total. The fourth-order valence-corrected chi connectivity index (χ4v) is 3.04. The van der Waals surface area contributed by atoms with Gasteiger partial charge in [-0.05, 0) is 36.5 Å². The number of nitrogens with two attached hydrogens (primary N) is 1. The highest BCUT2D eigenvalue weighted by Gasteiger charge is 2.23. The Labute approximate surface area is 126 Å². The average molecular weight is 292 g/mol. The summed E-state index contributed by atoms with van der Waals surface area (Å²) in [5, 5.41) is 0. The van der Waals surface area contributed by atoms with Gasteiger partial charge in [0.2, 0.25) is 5.91 Å². The number of carbonyl (C=O) groups excluding carboxylic acids is 1. The smallest absolute Gasteiger partial charge is 0.222 e. The summed E-state index contributed by atoms with van der Waals surface area (Å²) in [5.41, 5.74) is 7.04. The molecule has 4 heteroatoms. The molecule has 1 aromatic carbocycles. The Hall–Kier alpha value is -1.42. The van der Waals surface area contributed by atoms with E-state index >= 15 is 0 Å². The highest BCUT2D eigenvalue weighted by molar-refractivity contribution is 5.76. The fraction of sp³-hybridized carbons (Fsp3) is 0.588. The van der Waals surface area contributed by atoms with Crippen molar-refractivity contribution < 1.29 is 9.18 Å². The van der Waals surface area contributed by atoms with Crippen LogP contribution in [0.4, 0.5) is 4.39 Å². The van der Waals surface area contributed by atoms with Crippen molar-refractivity contribution >= 4 is 5.91 Å². The van der Waals surface area contributed by atoms with Crippen molar-refractivity contribution in [3.8, 4) is 0 Å².